The van der Waals surface area contributed by atoms with Gasteiger partial charge in [-0.2, -0.15) is 0 Å². The van der Waals surface area contributed by atoms with Crippen LogP contribution in [0.2, 0.25) is 0 Å². The molecule has 0 spiro atoms. The number of aryl methyl sites for hydroxylation is 1. The molecule has 0 radical (unpaired) electrons. The number of nitrogens with zero attached hydrogens (tertiary/aromatic N) is 1. The minimum Gasteiger partial charge on any atom is -0.366 e. The fraction of sp³-hybridized carbons (Fsp3) is 0.538. The van der Waals surface area contributed by atoms with Crippen LogP contribution in [0.5, 0.6) is 0 Å². The standard InChI is InChI=1S/C13H18N2/c1-9-4-2-6-12-10(9)8-13-11(14)5-3-7-15(12)13/h2,4,6,11,13H,3,5,7-8,14H2,1H3. The highest BCUT2D eigenvalue weighted by Crippen LogP contribution is 2.37. The first kappa shape index (κ1) is 9.22. The van der Waals surface area contributed by atoms with Crippen molar-refractivity contribution >= 4 is 5.69 Å². The molecule has 1 saturated heterocycles. The first-order valence-corrected chi connectivity index (χ1v) is 5.88. The van der Waals surface area contributed by atoms with E-state index in [4.69, 9.17) is 5.73 Å². The van der Waals surface area contributed by atoms with E-state index in [1.54, 1.807) is 0 Å². The van der Waals surface area contributed by atoms with Gasteiger partial charge in [0.2, 0.25) is 0 Å². The van der Waals surface area contributed by atoms with Crippen molar-refractivity contribution in [3.05, 3.63) is 29.3 Å². The molecule has 0 bridgehead atoms. The second kappa shape index (κ2) is 3.24. The molecule has 2 aliphatic heterocycles. The van der Waals surface area contributed by atoms with Crippen LogP contribution in [0.3, 0.4) is 0 Å². The minimum absolute atomic E-state index is 0.366. The molecule has 3 rings (SSSR count). The van der Waals surface area contributed by atoms with Gasteiger partial charge in [-0.25, -0.2) is 0 Å². The third-order valence-electron chi connectivity index (χ3n) is 3.94. The van der Waals surface area contributed by atoms with Crippen molar-refractivity contribution in [1.29, 1.82) is 0 Å². The summed E-state index contributed by atoms with van der Waals surface area (Å²) in [5.74, 6) is 0. The van der Waals surface area contributed by atoms with Crippen LogP contribution < -0.4 is 10.6 Å². The number of piperidine rings is 1. The van der Waals surface area contributed by atoms with Gasteiger partial charge in [-0.3, -0.25) is 0 Å². The van der Waals surface area contributed by atoms with E-state index < -0.39 is 0 Å². The number of anilines is 1. The SMILES string of the molecule is Cc1cccc2c1CC1C(N)CCCN21. The van der Waals surface area contributed by atoms with E-state index in [0.29, 0.717) is 12.1 Å². The molecular formula is C13H18N2. The summed E-state index contributed by atoms with van der Waals surface area (Å²) in [5.41, 5.74) is 10.6. The summed E-state index contributed by atoms with van der Waals surface area (Å²) in [5, 5.41) is 0. The minimum atomic E-state index is 0.366. The van der Waals surface area contributed by atoms with Gasteiger partial charge in [-0.05, 0) is 43.4 Å². The Hall–Kier alpha value is -1.02. The van der Waals surface area contributed by atoms with Gasteiger partial charge in [0.1, 0.15) is 0 Å². The third kappa shape index (κ3) is 1.28. The van der Waals surface area contributed by atoms with Crippen LogP contribution in [0.1, 0.15) is 24.0 Å². The molecule has 0 amide bonds. The van der Waals surface area contributed by atoms with Crippen LogP contribution in [0.25, 0.3) is 0 Å². The van der Waals surface area contributed by atoms with Crippen LogP contribution in [0.15, 0.2) is 18.2 Å². The van der Waals surface area contributed by atoms with Crippen molar-refractivity contribution in [3.63, 3.8) is 0 Å². The highest BCUT2D eigenvalue weighted by molar-refractivity contribution is 5.62. The summed E-state index contributed by atoms with van der Waals surface area (Å²) in [6.07, 6.45) is 3.59. The summed E-state index contributed by atoms with van der Waals surface area (Å²) in [4.78, 5) is 2.52. The molecule has 2 nitrogen and oxygen atoms in total. The average Bonchev–Trinajstić information content (AvgIpc) is 2.60. The highest BCUT2D eigenvalue weighted by Gasteiger charge is 2.36. The Morgan fingerprint density at radius 2 is 2.27 bits per heavy atom. The first-order valence-electron chi connectivity index (χ1n) is 5.88. The van der Waals surface area contributed by atoms with E-state index in [1.165, 1.54) is 36.2 Å². The lowest BCUT2D eigenvalue weighted by atomic mass is 9.95. The van der Waals surface area contributed by atoms with E-state index in [0.717, 1.165) is 6.42 Å². The van der Waals surface area contributed by atoms with Gasteiger partial charge in [-0.15, -0.1) is 0 Å². The van der Waals surface area contributed by atoms with Gasteiger partial charge in [0.15, 0.2) is 0 Å². The Labute approximate surface area is 91.1 Å². The monoisotopic (exact) mass is 202 g/mol. The third-order valence-corrected chi connectivity index (χ3v) is 3.94. The zero-order chi connectivity index (χ0) is 10.4. The summed E-state index contributed by atoms with van der Waals surface area (Å²) in [6.45, 7) is 3.40. The molecule has 2 N–H and O–H groups in total. The first-order chi connectivity index (χ1) is 7.27. The second-order valence-electron chi connectivity index (χ2n) is 4.84. The predicted octanol–water partition coefficient (Wildman–Crippen LogP) is 1.85. The van der Waals surface area contributed by atoms with Gasteiger partial charge in [-0.1, -0.05) is 12.1 Å². The predicted molar refractivity (Wildman–Crippen MR) is 63.2 cm³/mol. The molecule has 2 unspecified atom stereocenters. The van der Waals surface area contributed by atoms with Crippen molar-refractivity contribution in [2.45, 2.75) is 38.3 Å². The Kier molecular flexibility index (Phi) is 1.99. The van der Waals surface area contributed by atoms with Gasteiger partial charge in [0, 0.05) is 24.3 Å². The lowest BCUT2D eigenvalue weighted by Gasteiger charge is -2.36. The maximum Gasteiger partial charge on any atom is 0.0482 e. The Morgan fingerprint density at radius 3 is 3.13 bits per heavy atom. The van der Waals surface area contributed by atoms with Crippen LogP contribution in [0, 0.1) is 6.92 Å². The Balaban J connectivity index is 2.04. The van der Waals surface area contributed by atoms with Crippen LogP contribution in [-0.2, 0) is 6.42 Å². The fourth-order valence-corrected chi connectivity index (χ4v) is 3.08. The van der Waals surface area contributed by atoms with Gasteiger partial charge in [0.05, 0.1) is 0 Å². The second-order valence-corrected chi connectivity index (χ2v) is 4.84. The van der Waals surface area contributed by atoms with E-state index in [2.05, 4.69) is 30.0 Å². The lowest BCUT2D eigenvalue weighted by molar-refractivity contribution is 0.414. The van der Waals surface area contributed by atoms with E-state index in [1.807, 2.05) is 0 Å². The molecule has 0 saturated carbocycles. The van der Waals surface area contributed by atoms with Crippen molar-refractivity contribution in [3.8, 4) is 0 Å². The molecular weight excluding hydrogens is 184 g/mol. The zero-order valence-corrected chi connectivity index (χ0v) is 9.24. The number of benzene rings is 1. The largest absolute Gasteiger partial charge is 0.366 e. The molecule has 2 heteroatoms. The fourth-order valence-electron chi connectivity index (χ4n) is 3.08. The molecule has 1 aromatic rings. The van der Waals surface area contributed by atoms with Crippen LogP contribution in [-0.4, -0.2) is 18.6 Å². The highest BCUT2D eigenvalue weighted by atomic mass is 15.2. The molecule has 1 aromatic carbocycles. The van der Waals surface area contributed by atoms with Crippen molar-refractivity contribution < 1.29 is 0 Å². The Bertz CT molecular complexity index is 386. The zero-order valence-electron chi connectivity index (χ0n) is 9.24. The number of rotatable bonds is 0. The van der Waals surface area contributed by atoms with E-state index >= 15 is 0 Å². The quantitative estimate of drug-likeness (QED) is 0.695. The van der Waals surface area contributed by atoms with Gasteiger partial charge in [0.25, 0.3) is 0 Å². The van der Waals surface area contributed by atoms with Crippen LogP contribution in [0.4, 0.5) is 5.69 Å². The Morgan fingerprint density at radius 1 is 1.40 bits per heavy atom. The molecule has 15 heavy (non-hydrogen) atoms. The van der Waals surface area contributed by atoms with Gasteiger partial charge < -0.3 is 10.6 Å². The normalized spacial score (nSPS) is 28.8. The van der Waals surface area contributed by atoms with E-state index in [9.17, 15) is 0 Å². The van der Waals surface area contributed by atoms with E-state index in [-0.39, 0.29) is 0 Å². The topological polar surface area (TPSA) is 29.3 Å². The molecule has 2 heterocycles. The number of hydrogen-bond acceptors (Lipinski definition) is 2. The summed E-state index contributed by atoms with van der Waals surface area (Å²) < 4.78 is 0. The number of nitrogens with two attached hydrogens (primary N) is 1. The van der Waals surface area contributed by atoms with Crippen molar-refractivity contribution in [2.75, 3.05) is 11.4 Å². The number of hydrogen-bond donors (Lipinski definition) is 1. The van der Waals surface area contributed by atoms with Gasteiger partial charge >= 0.3 is 0 Å². The molecule has 2 atom stereocenters. The van der Waals surface area contributed by atoms with Crippen molar-refractivity contribution in [1.82, 2.24) is 0 Å². The molecule has 0 aliphatic carbocycles. The average molecular weight is 202 g/mol. The number of fused-ring (bicyclic) bond motifs is 3. The lowest BCUT2D eigenvalue weighted by Crippen LogP contribution is -2.50. The van der Waals surface area contributed by atoms with Crippen molar-refractivity contribution in [2.24, 2.45) is 5.73 Å². The summed E-state index contributed by atoms with van der Waals surface area (Å²) in [6, 6.07) is 7.56. The maximum atomic E-state index is 6.21. The smallest absolute Gasteiger partial charge is 0.0482 e. The molecule has 1 fully saturated rings. The molecule has 0 aromatic heterocycles. The summed E-state index contributed by atoms with van der Waals surface area (Å²) in [7, 11) is 0. The molecule has 80 valence electrons. The molecule has 2 aliphatic rings. The summed E-state index contributed by atoms with van der Waals surface area (Å²) >= 11 is 0. The maximum absolute atomic E-state index is 6.21. The van der Waals surface area contributed by atoms with Crippen LogP contribution >= 0.6 is 0 Å².